The average molecular weight is 349 g/mol. The zero-order valence-electron chi connectivity index (χ0n) is 15.1. The van der Waals surface area contributed by atoms with E-state index in [2.05, 4.69) is 32.9 Å². The molecule has 0 saturated heterocycles. The number of allylic oxidation sites excluding steroid dienone is 2. The number of ketones is 1. The highest BCUT2D eigenvalue weighted by Crippen LogP contribution is 2.37. The first kappa shape index (κ1) is 18.9. The van der Waals surface area contributed by atoms with E-state index >= 15 is 0 Å². The SMILES string of the molecule is CCc1cc(C)cc(CC)c1C1=C(O)CC(CCS(C)=O)CC1=O. The van der Waals surface area contributed by atoms with Gasteiger partial charge < -0.3 is 5.11 Å². The van der Waals surface area contributed by atoms with Crippen LogP contribution in [-0.4, -0.2) is 27.1 Å². The summed E-state index contributed by atoms with van der Waals surface area (Å²) >= 11 is 0. The van der Waals surface area contributed by atoms with E-state index in [1.54, 1.807) is 6.26 Å². The highest BCUT2D eigenvalue weighted by Gasteiger charge is 2.30. The summed E-state index contributed by atoms with van der Waals surface area (Å²) in [6, 6.07) is 4.24. The second-order valence-electron chi connectivity index (χ2n) is 6.75. The van der Waals surface area contributed by atoms with Gasteiger partial charge >= 0.3 is 0 Å². The van der Waals surface area contributed by atoms with Crippen LogP contribution in [0.25, 0.3) is 5.57 Å². The Morgan fingerprint density at radius 3 is 2.21 bits per heavy atom. The molecule has 0 fully saturated rings. The van der Waals surface area contributed by atoms with E-state index in [9.17, 15) is 14.1 Å². The monoisotopic (exact) mass is 348 g/mol. The summed E-state index contributed by atoms with van der Waals surface area (Å²) in [6.45, 7) is 6.24. The van der Waals surface area contributed by atoms with Crippen molar-refractivity contribution in [3.63, 3.8) is 0 Å². The number of aliphatic hydroxyl groups is 1. The highest BCUT2D eigenvalue weighted by atomic mass is 32.2. The lowest BCUT2D eigenvalue weighted by atomic mass is 9.79. The molecule has 132 valence electrons. The second-order valence-corrected chi connectivity index (χ2v) is 8.31. The lowest BCUT2D eigenvalue weighted by Crippen LogP contribution is -2.21. The highest BCUT2D eigenvalue weighted by molar-refractivity contribution is 7.84. The summed E-state index contributed by atoms with van der Waals surface area (Å²) in [5.74, 6) is 0.932. The fourth-order valence-electron chi connectivity index (χ4n) is 3.61. The Kier molecular flexibility index (Phi) is 6.39. The van der Waals surface area contributed by atoms with Gasteiger partial charge in [-0.3, -0.25) is 9.00 Å². The fourth-order valence-corrected chi connectivity index (χ4v) is 4.28. The number of hydrogen-bond donors (Lipinski definition) is 1. The summed E-state index contributed by atoms with van der Waals surface area (Å²) in [5.41, 5.74) is 4.94. The van der Waals surface area contributed by atoms with Crippen molar-refractivity contribution in [1.82, 2.24) is 0 Å². The number of rotatable bonds is 6. The van der Waals surface area contributed by atoms with E-state index in [-0.39, 0.29) is 17.5 Å². The molecule has 0 spiro atoms. The van der Waals surface area contributed by atoms with Crippen molar-refractivity contribution in [2.24, 2.45) is 5.92 Å². The van der Waals surface area contributed by atoms with Gasteiger partial charge in [0, 0.05) is 35.6 Å². The summed E-state index contributed by atoms with van der Waals surface area (Å²) in [4.78, 5) is 12.8. The van der Waals surface area contributed by atoms with E-state index in [1.807, 2.05) is 0 Å². The van der Waals surface area contributed by atoms with E-state index in [0.717, 1.165) is 36.0 Å². The van der Waals surface area contributed by atoms with Crippen LogP contribution >= 0.6 is 0 Å². The van der Waals surface area contributed by atoms with Gasteiger partial charge in [0.1, 0.15) is 5.76 Å². The second kappa shape index (κ2) is 8.11. The van der Waals surface area contributed by atoms with Crippen molar-refractivity contribution in [3.05, 3.63) is 40.1 Å². The van der Waals surface area contributed by atoms with Gasteiger partial charge in [-0.05, 0) is 48.8 Å². The fraction of sp³-hybridized carbons (Fsp3) is 0.550. The Hall–Kier alpha value is -1.42. The van der Waals surface area contributed by atoms with Crippen LogP contribution in [0.2, 0.25) is 0 Å². The lowest BCUT2D eigenvalue weighted by molar-refractivity contribution is -0.115. The van der Waals surface area contributed by atoms with Crippen molar-refractivity contribution >= 4 is 22.2 Å². The molecular formula is C20H28O3S. The summed E-state index contributed by atoms with van der Waals surface area (Å²) < 4.78 is 11.3. The van der Waals surface area contributed by atoms with Gasteiger partial charge in [0.2, 0.25) is 0 Å². The topological polar surface area (TPSA) is 54.4 Å². The molecule has 3 nitrogen and oxygen atoms in total. The third kappa shape index (κ3) is 4.15. The van der Waals surface area contributed by atoms with Crippen LogP contribution in [0.15, 0.2) is 17.9 Å². The van der Waals surface area contributed by atoms with E-state index < -0.39 is 10.8 Å². The maximum absolute atomic E-state index is 12.8. The molecule has 4 heteroatoms. The van der Waals surface area contributed by atoms with E-state index in [1.165, 1.54) is 5.56 Å². The third-order valence-corrected chi connectivity index (χ3v) is 5.61. The van der Waals surface area contributed by atoms with E-state index in [0.29, 0.717) is 24.2 Å². The molecule has 2 atom stereocenters. The normalized spacial score (nSPS) is 19.7. The molecule has 1 N–H and O–H groups in total. The van der Waals surface area contributed by atoms with Crippen molar-refractivity contribution in [2.75, 3.05) is 12.0 Å². The average Bonchev–Trinajstić information content (AvgIpc) is 2.52. The van der Waals surface area contributed by atoms with Crippen LogP contribution < -0.4 is 0 Å². The number of aliphatic hydroxyl groups excluding tert-OH is 1. The van der Waals surface area contributed by atoms with Gasteiger partial charge in [0.05, 0.1) is 5.57 Å². The Labute approximate surface area is 147 Å². The minimum absolute atomic E-state index is 0.0267. The first-order valence-electron chi connectivity index (χ1n) is 8.75. The molecule has 0 saturated carbocycles. The molecule has 24 heavy (non-hydrogen) atoms. The first-order chi connectivity index (χ1) is 11.4. The Bertz CT molecular complexity index is 663. The van der Waals surface area contributed by atoms with Crippen LogP contribution in [0.1, 0.15) is 55.4 Å². The summed E-state index contributed by atoms with van der Waals surface area (Å²) in [6.07, 6.45) is 5.04. The number of Topliss-reactive ketones (excluding diaryl/α,β-unsaturated/α-hetero) is 1. The van der Waals surface area contributed by atoms with Crippen LogP contribution in [0.4, 0.5) is 0 Å². The predicted octanol–water partition coefficient (Wildman–Crippen LogP) is 4.14. The summed E-state index contributed by atoms with van der Waals surface area (Å²) in [5, 5.41) is 10.6. The standard InChI is InChI=1S/C20H28O3S/c1-5-15-9-13(3)10-16(6-2)19(15)20-17(21)11-14(12-18(20)22)7-8-24(4)23/h9-10,14,21H,5-8,11-12H2,1-4H3. The molecule has 0 amide bonds. The molecule has 1 aromatic rings. The van der Waals surface area contributed by atoms with Crippen LogP contribution in [0.3, 0.4) is 0 Å². The third-order valence-electron chi connectivity index (χ3n) is 4.79. The molecule has 0 heterocycles. The quantitative estimate of drug-likeness (QED) is 0.841. The van der Waals surface area contributed by atoms with E-state index in [4.69, 9.17) is 0 Å². The van der Waals surface area contributed by atoms with Gasteiger partial charge in [-0.15, -0.1) is 0 Å². The molecule has 2 rings (SSSR count). The molecule has 0 aromatic heterocycles. The Morgan fingerprint density at radius 1 is 1.17 bits per heavy atom. The number of carbonyl (C=O) groups excluding carboxylic acids is 1. The number of aryl methyl sites for hydroxylation is 3. The zero-order chi connectivity index (χ0) is 17.9. The Morgan fingerprint density at radius 2 is 1.75 bits per heavy atom. The Balaban J connectivity index is 2.43. The minimum Gasteiger partial charge on any atom is -0.512 e. The van der Waals surface area contributed by atoms with Crippen molar-refractivity contribution in [1.29, 1.82) is 0 Å². The number of benzene rings is 1. The number of carbonyl (C=O) groups is 1. The molecule has 0 radical (unpaired) electrons. The maximum atomic E-state index is 12.8. The largest absolute Gasteiger partial charge is 0.512 e. The minimum atomic E-state index is -0.856. The zero-order valence-corrected chi connectivity index (χ0v) is 16.0. The molecule has 2 unspecified atom stereocenters. The molecule has 1 aromatic carbocycles. The number of hydrogen-bond acceptors (Lipinski definition) is 3. The van der Waals surface area contributed by atoms with Crippen LogP contribution in [0, 0.1) is 12.8 Å². The predicted molar refractivity (Wildman–Crippen MR) is 101 cm³/mol. The van der Waals surface area contributed by atoms with Gasteiger partial charge in [0.15, 0.2) is 5.78 Å². The van der Waals surface area contributed by atoms with Crippen LogP contribution in [-0.2, 0) is 28.4 Å². The van der Waals surface area contributed by atoms with Gasteiger partial charge in [-0.25, -0.2) is 0 Å². The first-order valence-corrected chi connectivity index (χ1v) is 10.5. The lowest BCUT2D eigenvalue weighted by Gasteiger charge is -2.26. The molecular weight excluding hydrogens is 320 g/mol. The molecule has 0 aliphatic heterocycles. The molecule has 1 aliphatic carbocycles. The van der Waals surface area contributed by atoms with Gasteiger partial charge in [0.25, 0.3) is 0 Å². The van der Waals surface area contributed by atoms with Gasteiger partial charge in [-0.2, -0.15) is 0 Å². The molecule has 1 aliphatic rings. The maximum Gasteiger partial charge on any atom is 0.167 e. The molecule has 0 bridgehead atoms. The van der Waals surface area contributed by atoms with Crippen molar-refractivity contribution < 1.29 is 14.1 Å². The van der Waals surface area contributed by atoms with Gasteiger partial charge in [-0.1, -0.05) is 31.5 Å². The van der Waals surface area contributed by atoms with Crippen LogP contribution in [0.5, 0.6) is 0 Å². The van der Waals surface area contributed by atoms with Crippen molar-refractivity contribution in [2.45, 2.75) is 52.9 Å². The summed E-state index contributed by atoms with van der Waals surface area (Å²) in [7, 11) is -0.856. The van der Waals surface area contributed by atoms with Crippen molar-refractivity contribution in [3.8, 4) is 0 Å². The smallest absolute Gasteiger partial charge is 0.167 e.